The van der Waals surface area contributed by atoms with Crippen molar-refractivity contribution in [3.63, 3.8) is 0 Å². The third-order valence-corrected chi connectivity index (χ3v) is 2.79. The van der Waals surface area contributed by atoms with Crippen LogP contribution in [0.2, 0.25) is 0 Å². The molecule has 0 bridgehead atoms. The first kappa shape index (κ1) is 10.5. The lowest BCUT2D eigenvalue weighted by Gasteiger charge is -2.15. The van der Waals surface area contributed by atoms with Crippen LogP contribution in [0, 0.1) is 5.41 Å². The molecular weight excluding hydrogens is 180 g/mol. The van der Waals surface area contributed by atoms with Gasteiger partial charge in [0.1, 0.15) is 5.78 Å². The van der Waals surface area contributed by atoms with Gasteiger partial charge in [-0.1, -0.05) is 20.8 Å². The number of hydrogen-bond donors (Lipinski definition) is 0. The topological polar surface area (TPSA) is 17.1 Å². The van der Waals surface area contributed by atoms with Crippen LogP contribution >= 0.6 is 11.3 Å². The highest BCUT2D eigenvalue weighted by molar-refractivity contribution is 7.07. The molecule has 0 saturated carbocycles. The van der Waals surface area contributed by atoms with E-state index in [1.165, 1.54) is 5.56 Å². The predicted octanol–water partition coefficient (Wildman–Crippen LogP) is 3.30. The van der Waals surface area contributed by atoms with Gasteiger partial charge in [0.15, 0.2) is 0 Å². The molecule has 0 fully saturated rings. The lowest BCUT2D eigenvalue weighted by atomic mass is 9.88. The first-order valence-electron chi connectivity index (χ1n) is 4.54. The van der Waals surface area contributed by atoms with Crippen molar-refractivity contribution in [2.24, 2.45) is 5.41 Å². The summed E-state index contributed by atoms with van der Waals surface area (Å²) in [7, 11) is 0. The van der Waals surface area contributed by atoms with Gasteiger partial charge in [-0.2, -0.15) is 11.3 Å². The van der Waals surface area contributed by atoms with Gasteiger partial charge in [0.25, 0.3) is 0 Å². The second-order valence-electron chi connectivity index (χ2n) is 4.30. The maximum Gasteiger partial charge on any atom is 0.138 e. The molecule has 1 nitrogen and oxygen atoms in total. The molecule has 0 amide bonds. The minimum Gasteiger partial charge on any atom is -0.299 e. The van der Waals surface area contributed by atoms with Gasteiger partial charge in [-0.15, -0.1) is 0 Å². The third-order valence-electron chi connectivity index (χ3n) is 2.06. The van der Waals surface area contributed by atoms with Crippen molar-refractivity contribution in [3.05, 3.63) is 22.4 Å². The lowest BCUT2D eigenvalue weighted by molar-refractivity contribution is -0.126. The molecule has 0 spiro atoms. The zero-order valence-electron chi connectivity index (χ0n) is 8.46. The van der Waals surface area contributed by atoms with E-state index in [9.17, 15) is 4.79 Å². The summed E-state index contributed by atoms with van der Waals surface area (Å²) in [5, 5.41) is 4.16. The van der Waals surface area contributed by atoms with Gasteiger partial charge in [0.05, 0.1) is 0 Å². The standard InChI is InChI=1S/C11H16OS/c1-11(2,3)10(12)5-4-9-6-7-13-8-9/h6-8H,4-5H2,1-3H3. The Hall–Kier alpha value is -0.630. The van der Waals surface area contributed by atoms with Crippen LogP contribution in [0.5, 0.6) is 0 Å². The summed E-state index contributed by atoms with van der Waals surface area (Å²) < 4.78 is 0. The van der Waals surface area contributed by atoms with Crippen LogP contribution in [0.1, 0.15) is 32.8 Å². The fourth-order valence-electron chi connectivity index (χ4n) is 1.07. The summed E-state index contributed by atoms with van der Waals surface area (Å²) >= 11 is 1.69. The Kier molecular flexibility index (Phi) is 3.26. The molecule has 0 radical (unpaired) electrons. The molecule has 1 rings (SSSR count). The molecule has 1 aromatic heterocycles. The monoisotopic (exact) mass is 196 g/mol. The molecule has 0 aliphatic carbocycles. The van der Waals surface area contributed by atoms with Crippen LogP contribution in [0.25, 0.3) is 0 Å². The molecule has 1 aromatic rings. The zero-order valence-corrected chi connectivity index (χ0v) is 9.28. The number of carbonyl (C=O) groups is 1. The normalized spacial score (nSPS) is 11.6. The van der Waals surface area contributed by atoms with Crippen LogP contribution in [-0.2, 0) is 11.2 Å². The number of rotatable bonds is 3. The van der Waals surface area contributed by atoms with E-state index in [1.54, 1.807) is 11.3 Å². The average molecular weight is 196 g/mol. The van der Waals surface area contributed by atoms with Crippen molar-refractivity contribution < 1.29 is 4.79 Å². The van der Waals surface area contributed by atoms with Crippen molar-refractivity contribution in [2.75, 3.05) is 0 Å². The molecule has 72 valence electrons. The van der Waals surface area contributed by atoms with E-state index in [4.69, 9.17) is 0 Å². The summed E-state index contributed by atoms with van der Waals surface area (Å²) in [6.07, 6.45) is 1.56. The Bertz CT molecular complexity index is 267. The van der Waals surface area contributed by atoms with Crippen LogP contribution in [0.15, 0.2) is 16.8 Å². The fraction of sp³-hybridized carbons (Fsp3) is 0.545. The highest BCUT2D eigenvalue weighted by atomic mass is 32.1. The minimum atomic E-state index is -0.185. The number of ketones is 1. The van der Waals surface area contributed by atoms with Crippen molar-refractivity contribution >= 4 is 17.1 Å². The molecule has 1 heterocycles. The van der Waals surface area contributed by atoms with E-state index in [-0.39, 0.29) is 5.41 Å². The van der Waals surface area contributed by atoms with Crippen LogP contribution in [-0.4, -0.2) is 5.78 Å². The van der Waals surface area contributed by atoms with E-state index in [1.807, 2.05) is 20.8 Å². The largest absolute Gasteiger partial charge is 0.299 e. The molecule has 0 unspecified atom stereocenters. The fourth-order valence-corrected chi connectivity index (χ4v) is 1.77. The second kappa shape index (κ2) is 4.05. The molecule has 2 heteroatoms. The minimum absolute atomic E-state index is 0.185. The van der Waals surface area contributed by atoms with Gasteiger partial charge in [-0.25, -0.2) is 0 Å². The third kappa shape index (κ3) is 3.31. The van der Waals surface area contributed by atoms with Crippen molar-refractivity contribution in [1.29, 1.82) is 0 Å². The number of thiophene rings is 1. The Labute approximate surface area is 83.8 Å². The van der Waals surface area contributed by atoms with Gasteiger partial charge < -0.3 is 0 Å². The summed E-state index contributed by atoms with van der Waals surface area (Å²) in [6, 6.07) is 2.08. The van der Waals surface area contributed by atoms with E-state index in [2.05, 4.69) is 16.8 Å². The number of carbonyl (C=O) groups excluding carboxylic acids is 1. The predicted molar refractivity (Wildman–Crippen MR) is 57.1 cm³/mol. The quantitative estimate of drug-likeness (QED) is 0.725. The second-order valence-corrected chi connectivity index (χ2v) is 5.08. The Balaban J connectivity index is 2.40. The Morgan fingerprint density at radius 2 is 2.15 bits per heavy atom. The summed E-state index contributed by atoms with van der Waals surface area (Å²) in [6.45, 7) is 5.93. The molecule has 0 saturated heterocycles. The maximum absolute atomic E-state index is 11.6. The average Bonchev–Trinajstić information content (AvgIpc) is 2.50. The van der Waals surface area contributed by atoms with Gasteiger partial charge >= 0.3 is 0 Å². The van der Waals surface area contributed by atoms with Gasteiger partial charge in [-0.05, 0) is 28.8 Å². The smallest absolute Gasteiger partial charge is 0.138 e. The molecule has 0 aromatic carbocycles. The van der Waals surface area contributed by atoms with E-state index in [0.29, 0.717) is 12.2 Å². The molecule has 0 aliphatic rings. The number of hydrogen-bond acceptors (Lipinski definition) is 2. The van der Waals surface area contributed by atoms with Gasteiger partial charge in [-0.3, -0.25) is 4.79 Å². The summed E-state index contributed by atoms with van der Waals surface area (Å²) in [4.78, 5) is 11.6. The molecule has 0 N–H and O–H groups in total. The lowest BCUT2D eigenvalue weighted by Crippen LogP contribution is -2.20. The van der Waals surface area contributed by atoms with Crippen molar-refractivity contribution in [2.45, 2.75) is 33.6 Å². The van der Waals surface area contributed by atoms with Crippen LogP contribution < -0.4 is 0 Å². The molecule has 0 aliphatic heterocycles. The summed E-state index contributed by atoms with van der Waals surface area (Å²) in [5.74, 6) is 0.346. The van der Waals surface area contributed by atoms with Gasteiger partial charge in [0, 0.05) is 11.8 Å². The molecular formula is C11H16OS. The van der Waals surface area contributed by atoms with Crippen molar-refractivity contribution in [3.8, 4) is 0 Å². The van der Waals surface area contributed by atoms with Crippen LogP contribution in [0.4, 0.5) is 0 Å². The van der Waals surface area contributed by atoms with E-state index in [0.717, 1.165) is 6.42 Å². The van der Waals surface area contributed by atoms with Crippen LogP contribution in [0.3, 0.4) is 0 Å². The number of Topliss-reactive ketones (excluding diaryl/α,β-unsaturated/α-hetero) is 1. The Morgan fingerprint density at radius 1 is 1.46 bits per heavy atom. The van der Waals surface area contributed by atoms with Crippen molar-refractivity contribution in [1.82, 2.24) is 0 Å². The van der Waals surface area contributed by atoms with E-state index >= 15 is 0 Å². The molecule has 13 heavy (non-hydrogen) atoms. The Morgan fingerprint density at radius 3 is 2.62 bits per heavy atom. The highest BCUT2D eigenvalue weighted by Gasteiger charge is 2.20. The SMILES string of the molecule is CC(C)(C)C(=O)CCc1ccsc1. The first-order chi connectivity index (χ1) is 6.00. The number of aryl methyl sites for hydroxylation is 1. The maximum atomic E-state index is 11.6. The highest BCUT2D eigenvalue weighted by Crippen LogP contribution is 2.18. The zero-order chi connectivity index (χ0) is 9.90. The van der Waals surface area contributed by atoms with E-state index < -0.39 is 0 Å². The first-order valence-corrected chi connectivity index (χ1v) is 5.49. The molecule has 0 atom stereocenters. The van der Waals surface area contributed by atoms with Gasteiger partial charge in [0.2, 0.25) is 0 Å². The summed E-state index contributed by atoms with van der Waals surface area (Å²) in [5.41, 5.74) is 1.10.